The highest BCUT2D eigenvalue weighted by molar-refractivity contribution is 5.97. The molecule has 0 aliphatic heterocycles. The zero-order chi connectivity index (χ0) is 22.9. The lowest BCUT2D eigenvalue weighted by molar-refractivity contribution is -0.00942. The number of aromatic carboxylic acids is 1. The van der Waals surface area contributed by atoms with Crippen molar-refractivity contribution in [3.8, 4) is 5.75 Å². The molecule has 1 fully saturated rings. The van der Waals surface area contributed by atoms with Crippen molar-refractivity contribution in [1.82, 2.24) is 4.57 Å². The van der Waals surface area contributed by atoms with Gasteiger partial charge in [0.2, 0.25) is 5.43 Å². The van der Waals surface area contributed by atoms with Gasteiger partial charge in [-0.25, -0.2) is 18.0 Å². The van der Waals surface area contributed by atoms with Crippen molar-refractivity contribution in [1.29, 1.82) is 0 Å². The number of benzene rings is 1. The fraction of sp³-hybridized carbons (Fsp3) is 0.524. The van der Waals surface area contributed by atoms with Crippen molar-refractivity contribution in [2.75, 3.05) is 25.1 Å². The van der Waals surface area contributed by atoms with E-state index in [4.69, 9.17) is 4.74 Å². The number of halogens is 3. The fourth-order valence-corrected chi connectivity index (χ4v) is 3.77. The summed E-state index contributed by atoms with van der Waals surface area (Å²) in [5.74, 6) is -2.08. The Balaban J connectivity index is 2.13. The predicted molar refractivity (Wildman–Crippen MR) is 109 cm³/mol. The summed E-state index contributed by atoms with van der Waals surface area (Å²) in [4.78, 5) is 25.8. The minimum Gasteiger partial charge on any atom is -0.492 e. The molecule has 0 amide bonds. The lowest BCUT2D eigenvalue weighted by Crippen LogP contribution is -2.28. The first-order valence-corrected chi connectivity index (χ1v) is 10.1. The number of carboxylic acids is 1. The third kappa shape index (κ3) is 4.48. The Morgan fingerprint density at radius 3 is 2.58 bits per heavy atom. The normalized spacial score (nSPS) is 14.8. The van der Waals surface area contributed by atoms with Crippen LogP contribution in [0.1, 0.15) is 49.0 Å². The van der Waals surface area contributed by atoms with Crippen LogP contribution in [0.15, 0.2) is 17.1 Å². The molecule has 1 aliphatic rings. The quantitative estimate of drug-likeness (QED) is 0.586. The highest BCUT2D eigenvalue weighted by atomic mass is 19.3. The first-order valence-electron chi connectivity index (χ1n) is 10.1. The van der Waals surface area contributed by atoms with E-state index in [0.29, 0.717) is 12.1 Å². The van der Waals surface area contributed by atoms with E-state index in [1.54, 1.807) is 16.4 Å². The van der Waals surface area contributed by atoms with Gasteiger partial charge in [0.1, 0.15) is 17.4 Å². The number of fused-ring (bicyclic) bond motifs is 1. The van der Waals surface area contributed by atoms with E-state index in [1.807, 2.05) is 0 Å². The van der Waals surface area contributed by atoms with Crippen molar-refractivity contribution in [2.24, 2.45) is 0 Å². The number of ether oxygens (including phenoxy) is 1. The summed E-state index contributed by atoms with van der Waals surface area (Å²) in [6.07, 6.45) is -1.72. The van der Waals surface area contributed by atoms with E-state index >= 15 is 4.39 Å². The van der Waals surface area contributed by atoms with Gasteiger partial charge in [0.15, 0.2) is 11.6 Å². The Bertz CT molecular complexity index is 1040. The molecule has 1 aromatic heterocycles. The molecule has 170 valence electrons. The van der Waals surface area contributed by atoms with Crippen molar-refractivity contribution in [3.05, 3.63) is 33.9 Å². The molecule has 1 aliphatic carbocycles. The first-order chi connectivity index (χ1) is 14.7. The summed E-state index contributed by atoms with van der Waals surface area (Å²) < 4.78 is 47.4. The molecule has 1 saturated carbocycles. The van der Waals surface area contributed by atoms with E-state index in [0.717, 1.165) is 18.9 Å². The van der Waals surface area contributed by atoms with Gasteiger partial charge in [-0.15, -0.1) is 0 Å². The number of aliphatic hydroxyl groups excluding tert-OH is 1. The Morgan fingerprint density at radius 2 is 2.06 bits per heavy atom. The second kappa shape index (κ2) is 9.17. The van der Waals surface area contributed by atoms with Crippen molar-refractivity contribution in [2.45, 2.75) is 51.2 Å². The molecule has 0 spiro atoms. The van der Waals surface area contributed by atoms with Crippen LogP contribution in [0, 0.1) is 5.82 Å². The minimum absolute atomic E-state index is 0.0234. The van der Waals surface area contributed by atoms with Gasteiger partial charge in [0.25, 0.3) is 6.43 Å². The zero-order valence-electron chi connectivity index (χ0n) is 17.3. The molecule has 10 heteroatoms. The Kier molecular flexibility index (Phi) is 6.78. The van der Waals surface area contributed by atoms with Crippen LogP contribution in [-0.2, 0) is 0 Å². The topological polar surface area (TPSA) is 92.0 Å². The second-order valence-electron chi connectivity index (χ2n) is 7.58. The molecule has 31 heavy (non-hydrogen) atoms. The van der Waals surface area contributed by atoms with Gasteiger partial charge in [0, 0.05) is 25.3 Å². The standard InChI is InChI=1S/C21H25F3N2O5/c1-3-25(8-4-5-15(27)20(23)24)17-14(22)9-12-16(19(17)31-2)26(11-6-7-11)10-13(18(12)28)21(29)30/h9-11,15,20,27H,3-8H2,1-2H3,(H,29,30). The van der Waals surface area contributed by atoms with Gasteiger partial charge >= 0.3 is 5.97 Å². The summed E-state index contributed by atoms with van der Waals surface area (Å²) >= 11 is 0. The van der Waals surface area contributed by atoms with Gasteiger partial charge in [-0.05, 0) is 38.7 Å². The number of anilines is 1. The number of methoxy groups -OCH3 is 1. The van der Waals surface area contributed by atoms with Crippen LogP contribution < -0.4 is 15.1 Å². The molecule has 1 unspecified atom stereocenters. The highest BCUT2D eigenvalue weighted by Crippen LogP contribution is 2.43. The van der Waals surface area contributed by atoms with E-state index in [9.17, 15) is 28.6 Å². The summed E-state index contributed by atoms with van der Waals surface area (Å²) in [6, 6.07) is 0.988. The number of nitrogens with zero attached hydrogens (tertiary/aromatic N) is 2. The Labute approximate surface area is 176 Å². The Morgan fingerprint density at radius 1 is 1.39 bits per heavy atom. The summed E-state index contributed by atoms with van der Waals surface area (Å²) in [5.41, 5.74) is -0.864. The van der Waals surface area contributed by atoms with Gasteiger partial charge in [-0.3, -0.25) is 4.79 Å². The molecule has 3 rings (SSSR count). The maximum absolute atomic E-state index is 15.2. The molecule has 1 heterocycles. The molecule has 0 saturated heterocycles. The van der Waals surface area contributed by atoms with Crippen molar-refractivity contribution >= 4 is 22.6 Å². The molecule has 2 N–H and O–H groups in total. The monoisotopic (exact) mass is 442 g/mol. The van der Waals surface area contributed by atoms with Crippen molar-refractivity contribution < 1.29 is 32.9 Å². The smallest absolute Gasteiger partial charge is 0.341 e. The predicted octanol–water partition coefficient (Wildman–Crippen LogP) is 3.41. The highest BCUT2D eigenvalue weighted by Gasteiger charge is 2.31. The van der Waals surface area contributed by atoms with E-state index in [-0.39, 0.29) is 42.3 Å². The molecular formula is C21H25F3N2O5. The molecule has 1 atom stereocenters. The molecule has 2 aromatic rings. The minimum atomic E-state index is -2.85. The number of carbonyl (C=O) groups is 1. The van der Waals surface area contributed by atoms with Gasteiger partial charge in [-0.2, -0.15) is 0 Å². The first kappa shape index (κ1) is 22.9. The number of aromatic nitrogens is 1. The van der Waals surface area contributed by atoms with Crippen LogP contribution in [0.2, 0.25) is 0 Å². The Hall–Kier alpha value is -2.75. The third-order valence-electron chi connectivity index (χ3n) is 5.49. The van der Waals surface area contributed by atoms with Crippen LogP contribution in [0.25, 0.3) is 10.9 Å². The van der Waals surface area contributed by atoms with E-state index in [2.05, 4.69) is 0 Å². The van der Waals surface area contributed by atoms with Crippen LogP contribution >= 0.6 is 0 Å². The third-order valence-corrected chi connectivity index (χ3v) is 5.49. The van der Waals surface area contributed by atoms with Crippen LogP contribution in [-0.4, -0.2) is 53.5 Å². The SMILES string of the molecule is CCN(CCCC(O)C(F)F)c1c(F)cc2c(=O)c(C(=O)O)cn(C3CC3)c2c1OC. The molecule has 0 radical (unpaired) electrons. The number of hydrogen-bond donors (Lipinski definition) is 2. The number of alkyl halides is 2. The van der Waals surface area contributed by atoms with Crippen LogP contribution in [0.3, 0.4) is 0 Å². The lowest BCUT2D eigenvalue weighted by Gasteiger charge is -2.27. The number of carboxylic acid groups (broad SMARTS) is 1. The van der Waals surface area contributed by atoms with Gasteiger partial charge < -0.3 is 24.4 Å². The summed E-state index contributed by atoms with van der Waals surface area (Å²) in [5, 5.41) is 18.6. The maximum Gasteiger partial charge on any atom is 0.341 e. The van der Waals surface area contributed by atoms with Gasteiger partial charge in [-0.1, -0.05) is 0 Å². The average molecular weight is 442 g/mol. The van der Waals surface area contributed by atoms with Gasteiger partial charge in [0.05, 0.1) is 18.0 Å². The molecular weight excluding hydrogens is 417 g/mol. The zero-order valence-corrected chi connectivity index (χ0v) is 17.3. The molecule has 1 aromatic carbocycles. The average Bonchev–Trinajstić information content (AvgIpc) is 3.56. The lowest BCUT2D eigenvalue weighted by atomic mass is 10.1. The number of rotatable bonds is 10. The fourth-order valence-electron chi connectivity index (χ4n) is 3.77. The van der Waals surface area contributed by atoms with E-state index < -0.39 is 35.3 Å². The van der Waals surface area contributed by atoms with Crippen LogP contribution in [0.4, 0.5) is 18.9 Å². The summed E-state index contributed by atoms with van der Waals surface area (Å²) in [6.45, 7) is 2.26. The summed E-state index contributed by atoms with van der Waals surface area (Å²) in [7, 11) is 1.33. The van der Waals surface area contributed by atoms with Crippen LogP contribution in [0.5, 0.6) is 5.75 Å². The molecule has 7 nitrogen and oxygen atoms in total. The van der Waals surface area contributed by atoms with E-state index in [1.165, 1.54) is 13.3 Å². The number of hydrogen-bond acceptors (Lipinski definition) is 5. The maximum atomic E-state index is 15.2. The number of pyridine rings is 1. The molecule has 0 bridgehead atoms. The van der Waals surface area contributed by atoms with Crippen molar-refractivity contribution in [3.63, 3.8) is 0 Å². The largest absolute Gasteiger partial charge is 0.492 e. The number of aliphatic hydroxyl groups is 1. The second-order valence-corrected chi connectivity index (χ2v) is 7.58.